The second kappa shape index (κ2) is 13.6. The van der Waals surface area contributed by atoms with E-state index in [9.17, 15) is 5.21 Å². The third-order valence-electron chi connectivity index (χ3n) is 8.92. The number of fused-ring (bicyclic) bond motifs is 1. The van der Waals surface area contributed by atoms with Gasteiger partial charge < -0.3 is 30.5 Å². The zero-order chi connectivity index (χ0) is 31.6. The van der Waals surface area contributed by atoms with Crippen LogP contribution in [-0.2, 0) is 6.42 Å². The maximum atomic E-state index is 11.1. The summed E-state index contributed by atoms with van der Waals surface area (Å²) >= 11 is 4.48. The van der Waals surface area contributed by atoms with Crippen LogP contribution in [0.2, 0.25) is 0 Å². The molecule has 242 valence electrons. The van der Waals surface area contributed by atoms with E-state index in [4.69, 9.17) is 14.7 Å². The largest absolute Gasteiger partial charge is 0.494 e. The molecule has 5 N–H and O–H groups in total. The number of hydrogen-bond acceptors (Lipinski definition) is 12. The number of hydrogen-bond donors (Lipinski definition) is 6. The lowest BCUT2D eigenvalue weighted by molar-refractivity contribution is -0.0286. The number of likely N-dealkylation sites (N-methyl/N-ethyl adjacent to an activating group) is 1. The summed E-state index contributed by atoms with van der Waals surface area (Å²) < 4.78 is 5.08. The van der Waals surface area contributed by atoms with E-state index in [0.717, 1.165) is 67.7 Å². The van der Waals surface area contributed by atoms with Gasteiger partial charge in [-0.05, 0) is 62.5 Å². The van der Waals surface area contributed by atoms with Crippen molar-refractivity contribution >= 4 is 53.1 Å². The number of para-hydroxylation sites is 2. The van der Waals surface area contributed by atoms with Crippen LogP contribution in [0.5, 0.6) is 5.75 Å². The molecule has 45 heavy (non-hydrogen) atoms. The van der Waals surface area contributed by atoms with Gasteiger partial charge in [0.15, 0.2) is 0 Å². The Labute approximate surface area is 271 Å². The van der Waals surface area contributed by atoms with Crippen molar-refractivity contribution in [1.29, 1.82) is 0 Å². The minimum Gasteiger partial charge on any atom is -0.494 e. The minimum absolute atomic E-state index is 0.000801. The van der Waals surface area contributed by atoms with Gasteiger partial charge in [-0.1, -0.05) is 12.1 Å². The molecule has 1 atom stereocenters. The van der Waals surface area contributed by atoms with Gasteiger partial charge in [-0.2, -0.15) is 15.2 Å². The number of methoxy groups -OCH3 is 1. The fourth-order valence-electron chi connectivity index (χ4n) is 6.52. The molecular formula is C32H47N10O2S+. The summed E-state index contributed by atoms with van der Waals surface area (Å²) in [5, 5.41) is 21.3. The van der Waals surface area contributed by atoms with Crippen LogP contribution in [0.1, 0.15) is 32.3 Å². The van der Waals surface area contributed by atoms with Gasteiger partial charge in [-0.15, -0.1) is 5.43 Å². The third-order valence-corrected chi connectivity index (χ3v) is 9.25. The molecule has 0 bridgehead atoms. The molecule has 0 spiro atoms. The monoisotopic (exact) mass is 635 g/mol. The number of benzene rings is 2. The lowest BCUT2D eigenvalue weighted by Crippen LogP contribution is -2.52. The summed E-state index contributed by atoms with van der Waals surface area (Å²) in [4.78, 5) is 17.2. The number of anilines is 6. The summed E-state index contributed by atoms with van der Waals surface area (Å²) in [5.74, 6) is 2.62. The molecule has 1 aromatic heterocycles. The molecule has 1 unspecified atom stereocenters. The molecule has 0 amide bonds. The van der Waals surface area contributed by atoms with E-state index in [1.807, 2.05) is 44.2 Å². The van der Waals surface area contributed by atoms with Crippen molar-refractivity contribution in [2.24, 2.45) is 0 Å². The van der Waals surface area contributed by atoms with Crippen molar-refractivity contribution in [3.63, 3.8) is 0 Å². The molecule has 13 heteroatoms. The van der Waals surface area contributed by atoms with Gasteiger partial charge in [0.05, 0.1) is 18.8 Å². The number of ether oxygens (including phenoxy) is 1. The lowest BCUT2D eigenvalue weighted by Gasteiger charge is -2.42. The molecule has 3 aliphatic rings. The first kappa shape index (κ1) is 31.6. The van der Waals surface area contributed by atoms with Crippen LogP contribution in [0.25, 0.3) is 0 Å². The number of quaternary nitrogens is 1. The van der Waals surface area contributed by atoms with E-state index < -0.39 is 4.16 Å². The van der Waals surface area contributed by atoms with Crippen molar-refractivity contribution in [2.45, 2.75) is 45.2 Å². The van der Waals surface area contributed by atoms with Crippen LogP contribution < -0.4 is 35.2 Å². The third kappa shape index (κ3) is 7.24. The first-order valence-electron chi connectivity index (χ1n) is 16.0. The number of aromatic nitrogens is 2. The van der Waals surface area contributed by atoms with E-state index in [1.54, 1.807) is 7.11 Å². The van der Waals surface area contributed by atoms with Gasteiger partial charge in [0, 0.05) is 75.2 Å². The van der Waals surface area contributed by atoms with Crippen LogP contribution in [-0.4, -0.2) is 97.0 Å². The molecule has 6 rings (SSSR count). The Bertz CT molecular complexity index is 1470. The van der Waals surface area contributed by atoms with Crippen molar-refractivity contribution < 1.29 is 9.94 Å². The highest BCUT2D eigenvalue weighted by atomic mass is 32.1. The zero-order valence-electron chi connectivity index (χ0n) is 26.8. The molecule has 3 aliphatic heterocycles. The summed E-state index contributed by atoms with van der Waals surface area (Å²) in [6.07, 6.45) is 3.14. The molecule has 2 aromatic carbocycles. The second-order valence-electron chi connectivity index (χ2n) is 12.5. The van der Waals surface area contributed by atoms with Gasteiger partial charge in [-0.3, -0.25) is 4.90 Å². The summed E-state index contributed by atoms with van der Waals surface area (Å²) in [7, 11) is 3.91. The number of nitrogens with one attached hydrogen (secondary N) is 4. The van der Waals surface area contributed by atoms with Crippen molar-refractivity contribution in [2.75, 3.05) is 80.8 Å². The lowest BCUT2D eigenvalue weighted by atomic mass is 10.0. The maximum absolute atomic E-state index is 11.1. The Morgan fingerprint density at radius 2 is 1.76 bits per heavy atom. The average Bonchev–Trinajstić information content (AvgIpc) is 3.51. The number of thiol groups is 1. The zero-order valence-corrected chi connectivity index (χ0v) is 27.6. The SMILES string of the molecule is COc1cc(N2CCC(N3CCN(C)CC3)CC2)ccc1Nc1nc2c(c(Nc3ccccc3[N+](O)(S)NC(C)C)n1)CCN2. The normalized spacial score (nSPS) is 19.2. The molecule has 2 fully saturated rings. The van der Waals surface area contributed by atoms with Crippen molar-refractivity contribution in [3.05, 3.63) is 48.0 Å². The van der Waals surface area contributed by atoms with E-state index in [1.165, 1.54) is 25.9 Å². The first-order chi connectivity index (χ1) is 21.7. The van der Waals surface area contributed by atoms with E-state index in [-0.39, 0.29) is 6.04 Å². The Morgan fingerprint density at radius 1 is 1.00 bits per heavy atom. The second-order valence-corrected chi connectivity index (χ2v) is 13.1. The fraction of sp³-hybridized carbons (Fsp3) is 0.500. The highest BCUT2D eigenvalue weighted by molar-refractivity contribution is 7.79. The molecule has 3 aromatic rings. The highest BCUT2D eigenvalue weighted by Crippen LogP contribution is 2.38. The summed E-state index contributed by atoms with van der Waals surface area (Å²) in [6.45, 7) is 11.4. The van der Waals surface area contributed by atoms with Crippen LogP contribution >= 0.6 is 12.8 Å². The Kier molecular flexibility index (Phi) is 9.54. The number of piperazine rings is 1. The number of nitrogens with zero attached hydrogens (tertiary/aromatic N) is 6. The van der Waals surface area contributed by atoms with Crippen LogP contribution in [0, 0.1) is 0 Å². The van der Waals surface area contributed by atoms with E-state index >= 15 is 0 Å². The average molecular weight is 636 g/mol. The van der Waals surface area contributed by atoms with Crippen LogP contribution in [0.15, 0.2) is 42.5 Å². The maximum Gasteiger partial charge on any atom is 0.231 e. The number of piperidine rings is 1. The predicted octanol–water partition coefficient (Wildman–Crippen LogP) is 4.61. The van der Waals surface area contributed by atoms with E-state index in [2.05, 4.69) is 68.1 Å². The minimum atomic E-state index is -0.769. The molecule has 12 nitrogen and oxygen atoms in total. The van der Waals surface area contributed by atoms with Crippen molar-refractivity contribution in [1.82, 2.24) is 29.4 Å². The number of rotatable bonds is 10. The summed E-state index contributed by atoms with van der Waals surface area (Å²) in [6, 6.07) is 14.5. The molecule has 0 aliphatic carbocycles. The molecule has 2 saturated heterocycles. The van der Waals surface area contributed by atoms with Crippen LogP contribution in [0.3, 0.4) is 0 Å². The van der Waals surface area contributed by atoms with Gasteiger partial charge in [0.1, 0.15) is 35.9 Å². The Hall–Kier alpha value is -3.33. The Morgan fingerprint density at radius 3 is 2.49 bits per heavy atom. The predicted molar refractivity (Wildman–Crippen MR) is 185 cm³/mol. The highest BCUT2D eigenvalue weighted by Gasteiger charge is 2.31. The van der Waals surface area contributed by atoms with Crippen molar-refractivity contribution in [3.8, 4) is 5.75 Å². The first-order valence-corrected chi connectivity index (χ1v) is 16.4. The topological polar surface area (TPSA) is 113 Å². The van der Waals surface area contributed by atoms with Gasteiger partial charge in [0.2, 0.25) is 11.6 Å². The molecular weight excluding hydrogens is 588 g/mol. The standard InChI is InChI=1S/C32H47N10O2S/c1-22(2)38-42(43,45)28-8-6-5-7-26(28)34-31-25-11-14-33-30(25)36-32(37-31)35-27-10-9-24(21-29(27)44-4)40-15-12-23(13-16-40)41-19-17-39(3)18-20-41/h5-10,21-23,38,43,45H,11-20H2,1-4H3,(H3,33,34,35,36,37)/q+1. The molecule has 4 heterocycles. The van der Waals surface area contributed by atoms with E-state index in [0.29, 0.717) is 29.2 Å². The fourth-order valence-corrected chi connectivity index (χ4v) is 6.92. The van der Waals surface area contributed by atoms with Gasteiger partial charge in [0.25, 0.3) is 0 Å². The smallest absolute Gasteiger partial charge is 0.231 e. The molecule has 0 radical (unpaired) electrons. The van der Waals surface area contributed by atoms with Crippen LogP contribution in [0.4, 0.5) is 40.3 Å². The quantitative estimate of drug-likeness (QED) is 0.107. The van der Waals surface area contributed by atoms with Gasteiger partial charge >= 0.3 is 0 Å². The Balaban J connectivity index is 1.18. The summed E-state index contributed by atoms with van der Waals surface area (Å²) in [5.41, 5.74) is 7.23. The molecule has 0 saturated carbocycles. The van der Waals surface area contributed by atoms with Gasteiger partial charge in [-0.25, -0.2) is 0 Å².